The Hall–Kier alpha value is -4.18. The molecule has 0 bridgehead atoms. The maximum Gasteiger partial charge on any atom is 0.415 e. The number of amides is 2. The van der Waals surface area contributed by atoms with Crippen LogP contribution in [0.3, 0.4) is 0 Å². The molecular formula is C26H26N4O3. The molecule has 0 atom stereocenters. The van der Waals surface area contributed by atoms with Crippen LogP contribution in [0.15, 0.2) is 60.7 Å². The summed E-state index contributed by atoms with van der Waals surface area (Å²) in [6, 6.07) is 16.6. The monoisotopic (exact) mass is 442 g/mol. The van der Waals surface area contributed by atoms with Gasteiger partial charge in [-0.3, -0.25) is 14.7 Å². The van der Waals surface area contributed by atoms with E-state index < -0.39 is 17.6 Å². The van der Waals surface area contributed by atoms with Crippen molar-refractivity contribution in [3.8, 4) is 17.3 Å². The number of aryl methyl sites for hydroxylation is 1. The first kappa shape index (κ1) is 23.5. The molecule has 0 aliphatic rings. The van der Waals surface area contributed by atoms with E-state index in [1.807, 2.05) is 49.4 Å². The summed E-state index contributed by atoms with van der Waals surface area (Å²) < 4.78 is 5.59. The van der Waals surface area contributed by atoms with E-state index in [0.29, 0.717) is 5.39 Å². The van der Waals surface area contributed by atoms with E-state index in [1.165, 1.54) is 4.90 Å². The third-order valence-corrected chi connectivity index (χ3v) is 4.83. The van der Waals surface area contributed by atoms with Gasteiger partial charge in [0.2, 0.25) is 0 Å². The highest BCUT2D eigenvalue weighted by Crippen LogP contribution is 2.35. The van der Waals surface area contributed by atoms with E-state index in [9.17, 15) is 14.9 Å². The number of rotatable bonds is 5. The normalized spacial score (nSPS) is 11.0. The van der Waals surface area contributed by atoms with Crippen molar-refractivity contribution in [1.29, 1.82) is 5.26 Å². The number of hydrogen-bond acceptors (Lipinski definition) is 5. The number of benzene rings is 2. The molecule has 0 saturated carbocycles. The van der Waals surface area contributed by atoms with Crippen molar-refractivity contribution >= 4 is 28.5 Å². The number of nitriles is 1. The average Bonchev–Trinajstić information content (AvgIpc) is 2.74. The van der Waals surface area contributed by atoms with Crippen molar-refractivity contribution < 1.29 is 14.3 Å². The lowest BCUT2D eigenvalue weighted by molar-refractivity contribution is 0.0584. The Morgan fingerprint density at radius 3 is 2.48 bits per heavy atom. The SMILES string of the molecule is C=C(C#N)CN(C(=O)OC(C)(C)C)c1c(C(N)=O)ccc2ccc(-c3cccc(C)n3)cc12. The first-order valence-corrected chi connectivity index (χ1v) is 10.4. The minimum absolute atomic E-state index is 0.129. The largest absolute Gasteiger partial charge is 0.443 e. The summed E-state index contributed by atoms with van der Waals surface area (Å²) in [5, 5.41) is 10.7. The number of pyridine rings is 1. The van der Waals surface area contributed by atoms with Crippen molar-refractivity contribution in [3.05, 3.63) is 71.9 Å². The fraction of sp³-hybridized carbons (Fsp3) is 0.231. The van der Waals surface area contributed by atoms with Crippen LogP contribution in [-0.4, -0.2) is 29.1 Å². The second-order valence-corrected chi connectivity index (χ2v) is 8.71. The summed E-state index contributed by atoms with van der Waals surface area (Å²) in [6.45, 7) is 10.7. The average molecular weight is 443 g/mol. The molecule has 3 aromatic rings. The zero-order valence-corrected chi connectivity index (χ0v) is 19.2. The molecule has 0 spiro atoms. The Balaban J connectivity index is 2.31. The first-order valence-electron chi connectivity index (χ1n) is 10.4. The van der Waals surface area contributed by atoms with Crippen LogP contribution in [0.1, 0.15) is 36.8 Å². The zero-order valence-electron chi connectivity index (χ0n) is 19.2. The lowest BCUT2D eigenvalue weighted by Crippen LogP contribution is -2.39. The smallest absolute Gasteiger partial charge is 0.415 e. The molecule has 7 heteroatoms. The predicted octanol–water partition coefficient (Wildman–Crippen LogP) is 5.13. The van der Waals surface area contributed by atoms with E-state index in [-0.39, 0.29) is 23.4 Å². The van der Waals surface area contributed by atoms with Gasteiger partial charge in [-0.1, -0.05) is 30.8 Å². The number of anilines is 1. The topological polar surface area (TPSA) is 109 Å². The zero-order chi connectivity index (χ0) is 24.3. The van der Waals surface area contributed by atoms with E-state index in [0.717, 1.165) is 22.3 Å². The standard InChI is InChI=1S/C26H26N4O3/c1-16(14-27)15-30(25(32)33-26(3,4)5)23-20(24(28)31)12-11-18-9-10-19(13-21(18)23)22-8-6-7-17(2)29-22/h6-13H,1,15H2,2-5H3,(H2,28,31). The molecule has 7 nitrogen and oxygen atoms in total. The second-order valence-electron chi connectivity index (χ2n) is 8.71. The van der Waals surface area contributed by atoms with Gasteiger partial charge >= 0.3 is 6.09 Å². The molecule has 0 aliphatic carbocycles. The molecule has 1 heterocycles. The molecular weight excluding hydrogens is 416 g/mol. The third-order valence-electron chi connectivity index (χ3n) is 4.83. The number of carbonyl (C=O) groups excluding carboxylic acids is 2. The van der Waals surface area contributed by atoms with Gasteiger partial charge in [0, 0.05) is 22.2 Å². The molecule has 3 rings (SSSR count). The fourth-order valence-electron chi connectivity index (χ4n) is 3.43. The summed E-state index contributed by atoms with van der Waals surface area (Å²) in [7, 11) is 0. The summed E-state index contributed by atoms with van der Waals surface area (Å²) in [6.07, 6.45) is -0.715. The number of primary amides is 1. The Bertz CT molecular complexity index is 1300. The van der Waals surface area contributed by atoms with Crippen LogP contribution in [0.4, 0.5) is 10.5 Å². The number of hydrogen-bond donors (Lipinski definition) is 1. The van der Waals surface area contributed by atoms with Crippen LogP contribution in [0, 0.1) is 18.3 Å². The van der Waals surface area contributed by atoms with Gasteiger partial charge in [-0.25, -0.2) is 4.79 Å². The van der Waals surface area contributed by atoms with E-state index >= 15 is 0 Å². The molecule has 2 amide bonds. The number of aromatic nitrogens is 1. The van der Waals surface area contributed by atoms with Gasteiger partial charge in [0.05, 0.1) is 29.6 Å². The van der Waals surface area contributed by atoms with Crippen molar-refractivity contribution in [2.24, 2.45) is 5.73 Å². The molecule has 33 heavy (non-hydrogen) atoms. The number of ether oxygens (including phenoxy) is 1. The van der Waals surface area contributed by atoms with E-state index in [4.69, 9.17) is 10.5 Å². The summed E-state index contributed by atoms with van der Waals surface area (Å²) in [5.74, 6) is -0.706. The maximum absolute atomic E-state index is 13.2. The van der Waals surface area contributed by atoms with Gasteiger partial charge in [0.25, 0.3) is 5.91 Å². The minimum Gasteiger partial charge on any atom is -0.443 e. The van der Waals surface area contributed by atoms with Crippen LogP contribution >= 0.6 is 0 Å². The van der Waals surface area contributed by atoms with E-state index in [2.05, 4.69) is 11.6 Å². The van der Waals surface area contributed by atoms with Gasteiger partial charge in [-0.15, -0.1) is 0 Å². The molecule has 0 radical (unpaired) electrons. The van der Waals surface area contributed by atoms with Crippen LogP contribution in [0.2, 0.25) is 0 Å². The first-order chi connectivity index (χ1) is 15.5. The molecule has 2 N–H and O–H groups in total. The maximum atomic E-state index is 13.2. The third kappa shape index (κ3) is 5.36. The second kappa shape index (κ2) is 9.13. The van der Waals surface area contributed by atoms with Crippen molar-refractivity contribution in [2.45, 2.75) is 33.3 Å². The van der Waals surface area contributed by atoms with Crippen molar-refractivity contribution in [3.63, 3.8) is 0 Å². The molecule has 0 aliphatic heterocycles. The quantitative estimate of drug-likeness (QED) is 0.551. The van der Waals surface area contributed by atoms with Gasteiger partial charge < -0.3 is 10.5 Å². The van der Waals surface area contributed by atoms with Gasteiger partial charge in [0.1, 0.15) is 5.60 Å². The summed E-state index contributed by atoms with van der Waals surface area (Å²) >= 11 is 0. The van der Waals surface area contributed by atoms with Crippen LogP contribution < -0.4 is 10.6 Å². The molecule has 2 aromatic carbocycles. The molecule has 168 valence electrons. The van der Waals surface area contributed by atoms with Crippen LogP contribution in [0.25, 0.3) is 22.0 Å². The summed E-state index contributed by atoms with van der Waals surface area (Å²) in [4.78, 5) is 31.4. The van der Waals surface area contributed by atoms with Gasteiger partial charge in [0.15, 0.2) is 0 Å². The Morgan fingerprint density at radius 2 is 1.88 bits per heavy atom. The lowest BCUT2D eigenvalue weighted by atomic mass is 9.98. The highest BCUT2D eigenvalue weighted by Gasteiger charge is 2.28. The van der Waals surface area contributed by atoms with Crippen molar-refractivity contribution in [1.82, 2.24) is 4.98 Å². The lowest BCUT2D eigenvalue weighted by Gasteiger charge is -2.29. The van der Waals surface area contributed by atoms with Crippen LogP contribution in [-0.2, 0) is 4.74 Å². The molecule has 1 aromatic heterocycles. The van der Waals surface area contributed by atoms with Crippen molar-refractivity contribution in [2.75, 3.05) is 11.4 Å². The minimum atomic E-state index is -0.794. The predicted molar refractivity (Wildman–Crippen MR) is 129 cm³/mol. The highest BCUT2D eigenvalue weighted by atomic mass is 16.6. The molecule has 0 fully saturated rings. The number of nitrogens with two attached hydrogens (primary N) is 1. The molecule has 0 unspecified atom stereocenters. The highest BCUT2D eigenvalue weighted by molar-refractivity contribution is 6.13. The van der Waals surface area contributed by atoms with Gasteiger partial charge in [-0.2, -0.15) is 5.26 Å². The summed E-state index contributed by atoms with van der Waals surface area (Å²) in [5.41, 5.74) is 7.83. The molecule has 0 saturated heterocycles. The van der Waals surface area contributed by atoms with Crippen LogP contribution in [0.5, 0.6) is 0 Å². The van der Waals surface area contributed by atoms with Gasteiger partial charge in [-0.05, 0) is 57.3 Å². The Morgan fingerprint density at radius 1 is 1.18 bits per heavy atom. The van der Waals surface area contributed by atoms with E-state index in [1.54, 1.807) is 32.9 Å². The number of nitrogens with zero attached hydrogens (tertiary/aromatic N) is 3. The Kier molecular flexibility index (Phi) is 6.50. The number of carbonyl (C=O) groups is 2. The Labute approximate surface area is 193 Å². The fourth-order valence-corrected chi connectivity index (χ4v) is 3.43. The number of fused-ring (bicyclic) bond motifs is 1.